The van der Waals surface area contributed by atoms with E-state index in [0.717, 1.165) is 29.1 Å². The van der Waals surface area contributed by atoms with Gasteiger partial charge in [-0.15, -0.1) is 0 Å². The normalized spacial score (nSPS) is 11.1. The van der Waals surface area contributed by atoms with E-state index in [1.807, 2.05) is 19.3 Å². The molecule has 1 aromatic heterocycles. The number of nitrogens with one attached hydrogen (secondary N) is 1. The van der Waals surface area contributed by atoms with Gasteiger partial charge in [0.15, 0.2) is 5.75 Å². The summed E-state index contributed by atoms with van der Waals surface area (Å²) in [6, 6.07) is 6.13. The van der Waals surface area contributed by atoms with E-state index in [4.69, 9.17) is 4.74 Å². The Balaban J connectivity index is 1.98. The quantitative estimate of drug-likeness (QED) is 0.873. The van der Waals surface area contributed by atoms with Gasteiger partial charge in [0.25, 0.3) is 0 Å². The maximum atomic E-state index is 5.78. The van der Waals surface area contributed by atoms with Gasteiger partial charge in [0.2, 0.25) is 0 Å². The molecule has 0 aliphatic rings. The van der Waals surface area contributed by atoms with Crippen LogP contribution in [0.25, 0.3) is 0 Å². The summed E-state index contributed by atoms with van der Waals surface area (Å²) in [5.41, 5.74) is 1.23. The van der Waals surface area contributed by atoms with Crippen molar-refractivity contribution in [2.24, 2.45) is 13.0 Å². The SMILES string of the molecule is CC(C)CNCc1ccc(Oc2cnn(C)c2)c(Br)c1. The summed E-state index contributed by atoms with van der Waals surface area (Å²) >= 11 is 3.55. The lowest BCUT2D eigenvalue weighted by molar-refractivity contribution is 0.478. The first-order chi connectivity index (χ1) is 9.54. The minimum Gasteiger partial charge on any atom is -0.453 e. The number of hydrogen-bond acceptors (Lipinski definition) is 3. The number of ether oxygens (including phenoxy) is 1. The van der Waals surface area contributed by atoms with Crippen LogP contribution in [0.3, 0.4) is 0 Å². The summed E-state index contributed by atoms with van der Waals surface area (Å²) in [7, 11) is 1.87. The molecule has 108 valence electrons. The maximum absolute atomic E-state index is 5.78. The molecule has 1 heterocycles. The lowest BCUT2D eigenvalue weighted by atomic mass is 10.2. The summed E-state index contributed by atoms with van der Waals surface area (Å²) in [5.74, 6) is 2.19. The molecule has 0 aliphatic carbocycles. The Hall–Kier alpha value is -1.33. The topological polar surface area (TPSA) is 39.1 Å². The van der Waals surface area contributed by atoms with Crippen LogP contribution in [0.2, 0.25) is 0 Å². The summed E-state index contributed by atoms with van der Waals surface area (Å²) in [6.45, 7) is 6.29. The van der Waals surface area contributed by atoms with Crippen LogP contribution in [0.1, 0.15) is 19.4 Å². The van der Waals surface area contributed by atoms with E-state index in [-0.39, 0.29) is 0 Å². The Morgan fingerprint density at radius 3 is 2.80 bits per heavy atom. The van der Waals surface area contributed by atoms with Crippen LogP contribution in [0.4, 0.5) is 0 Å². The second kappa shape index (κ2) is 6.90. The number of hydrogen-bond donors (Lipinski definition) is 1. The third kappa shape index (κ3) is 4.35. The molecular formula is C15H20BrN3O. The molecule has 0 saturated carbocycles. The van der Waals surface area contributed by atoms with E-state index in [0.29, 0.717) is 5.92 Å². The molecule has 0 spiro atoms. The standard InChI is InChI=1S/C15H20BrN3O/c1-11(2)7-17-8-12-4-5-15(14(16)6-12)20-13-9-18-19(3)10-13/h4-6,9-11,17H,7-8H2,1-3H3. The fourth-order valence-electron chi connectivity index (χ4n) is 1.82. The monoisotopic (exact) mass is 337 g/mol. The summed E-state index contributed by atoms with van der Waals surface area (Å²) in [4.78, 5) is 0. The lowest BCUT2D eigenvalue weighted by Gasteiger charge is -2.10. The fraction of sp³-hybridized carbons (Fsp3) is 0.400. The van der Waals surface area contributed by atoms with Crippen LogP contribution in [0.15, 0.2) is 35.1 Å². The molecule has 0 amide bonds. The predicted molar refractivity (Wildman–Crippen MR) is 84.0 cm³/mol. The Morgan fingerprint density at radius 1 is 1.40 bits per heavy atom. The minimum absolute atomic E-state index is 0.659. The van der Waals surface area contributed by atoms with E-state index in [1.165, 1.54) is 5.56 Å². The van der Waals surface area contributed by atoms with Gasteiger partial charge in [-0.2, -0.15) is 5.10 Å². The van der Waals surface area contributed by atoms with Gasteiger partial charge in [-0.05, 0) is 46.1 Å². The molecule has 1 N–H and O–H groups in total. The van der Waals surface area contributed by atoms with E-state index in [9.17, 15) is 0 Å². The molecule has 0 bridgehead atoms. The van der Waals surface area contributed by atoms with Gasteiger partial charge in [0.1, 0.15) is 5.75 Å². The smallest absolute Gasteiger partial charge is 0.165 e. The highest BCUT2D eigenvalue weighted by atomic mass is 79.9. The van der Waals surface area contributed by atoms with Gasteiger partial charge in [-0.1, -0.05) is 19.9 Å². The van der Waals surface area contributed by atoms with E-state index in [1.54, 1.807) is 10.9 Å². The molecule has 0 saturated heterocycles. The maximum Gasteiger partial charge on any atom is 0.165 e. The van der Waals surface area contributed by atoms with Crippen molar-refractivity contribution in [1.29, 1.82) is 0 Å². The molecule has 1 aromatic carbocycles. The first-order valence-electron chi connectivity index (χ1n) is 6.70. The number of aryl methyl sites for hydroxylation is 1. The molecule has 0 atom stereocenters. The third-order valence-corrected chi connectivity index (χ3v) is 3.41. The van der Waals surface area contributed by atoms with Crippen LogP contribution in [-0.4, -0.2) is 16.3 Å². The van der Waals surface area contributed by atoms with Crippen molar-refractivity contribution in [2.45, 2.75) is 20.4 Å². The van der Waals surface area contributed by atoms with Crippen molar-refractivity contribution in [3.8, 4) is 11.5 Å². The summed E-state index contributed by atoms with van der Waals surface area (Å²) in [5, 5.41) is 7.51. The highest BCUT2D eigenvalue weighted by Crippen LogP contribution is 2.30. The zero-order valence-corrected chi connectivity index (χ0v) is 13.6. The van der Waals surface area contributed by atoms with E-state index >= 15 is 0 Å². The molecule has 2 rings (SSSR count). The number of nitrogens with zero attached hydrogens (tertiary/aromatic N) is 2. The van der Waals surface area contributed by atoms with Crippen LogP contribution in [-0.2, 0) is 13.6 Å². The molecule has 4 nitrogen and oxygen atoms in total. The van der Waals surface area contributed by atoms with Crippen molar-refractivity contribution < 1.29 is 4.74 Å². The number of benzene rings is 1. The van der Waals surface area contributed by atoms with Gasteiger partial charge >= 0.3 is 0 Å². The number of aromatic nitrogens is 2. The molecule has 0 unspecified atom stereocenters. The van der Waals surface area contributed by atoms with Gasteiger partial charge in [0.05, 0.1) is 16.9 Å². The Morgan fingerprint density at radius 2 is 2.20 bits per heavy atom. The average Bonchev–Trinajstić information content (AvgIpc) is 2.78. The molecule has 0 fully saturated rings. The van der Waals surface area contributed by atoms with Crippen molar-refractivity contribution >= 4 is 15.9 Å². The predicted octanol–water partition coefficient (Wildman–Crippen LogP) is 3.72. The molecule has 20 heavy (non-hydrogen) atoms. The minimum atomic E-state index is 0.659. The van der Waals surface area contributed by atoms with Crippen LogP contribution < -0.4 is 10.1 Å². The third-order valence-electron chi connectivity index (χ3n) is 2.79. The Kier molecular flexibility index (Phi) is 5.20. The largest absolute Gasteiger partial charge is 0.453 e. The summed E-state index contributed by atoms with van der Waals surface area (Å²) in [6.07, 6.45) is 3.54. The van der Waals surface area contributed by atoms with Gasteiger partial charge < -0.3 is 10.1 Å². The lowest BCUT2D eigenvalue weighted by Crippen LogP contribution is -2.18. The fourth-order valence-corrected chi connectivity index (χ4v) is 2.33. The highest BCUT2D eigenvalue weighted by molar-refractivity contribution is 9.10. The van der Waals surface area contributed by atoms with Crippen molar-refractivity contribution in [1.82, 2.24) is 15.1 Å². The molecule has 2 aromatic rings. The highest BCUT2D eigenvalue weighted by Gasteiger charge is 2.06. The van der Waals surface area contributed by atoms with Crippen LogP contribution >= 0.6 is 15.9 Å². The number of rotatable bonds is 6. The number of halogens is 1. The van der Waals surface area contributed by atoms with Crippen molar-refractivity contribution in [3.05, 3.63) is 40.6 Å². The summed E-state index contributed by atoms with van der Waals surface area (Å²) < 4.78 is 8.44. The van der Waals surface area contributed by atoms with Gasteiger partial charge in [0, 0.05) is 13.6 Å². The van der Waals surface area contributed by atoms with Gasteiger partial charge in [-0.3, -0.25) is 4.68 Å². The van der Waals surface area contributed by atoms with E-state index < -0.39 is 0 Å². The Labute approximate surface area is 128 Å². The molecule has 5 heteroatoms. The first-order valence-corrected chi connectivity index (χ1v) is 7.49. The van der Waals surface area contributed by atoms with Crippen molar-refractivity contribution in [3.63, 3.8) is 0 Å². The molecule has 0 aliphatic heterocycles. The van der Waals surface area contributed by atoms with Crippen molar-refractivity contribution in [2.75, 3.05) is 6.54 Å². The Bertz CT molecular complexity index is 566. The zero-order valence-electron chi connectivity index (χ0n) is 12.1. The van der Waals surface area contributed by atoms with Crippen LogP contribution in [0.5, 0.6) is 11.5 Å². The first kappa shape index (κ1) is 15.1. The van der Waals surface area contributed by atoms with Crippen LogP contribution in [0, 0.1) is 5.92 Å². The zero-order chi connectivity index (χ0) is 14.5. The molecular weight excluding hydrogens is 318 g/mol. The molecule has 0 radical (unpaired) electrons. The second-order valence-corrected chi connectivity index (χ2v) is 6.10. The van der Waals surface area contributed by atoms with E-state index in [2.05, 4.69) is 52.3 Å². The average molecular weight is 338 g/mol. The van der Waals surface area contributed by atoms with Gasteiger partial charge in [-0.25, -0.2) is 0 Å². The second-order valence-electron chi connectivity index (χ2n) is 5.24.